The van der Waals surface area contributed by atoms with Crippen molar-refractivity contribution < 1.29 is 24.6 Å². The van der Waals surface area contributed by atoms with Crippen molar-refractivity contribution in [2.45, 2.75) is 69.6 Å². The maximum atomic E-state index is 13.0. The van der Waals surface area contributed by atoms with E-state index in [4.69, 9.17) is 0 Å². The fourth-order valence-electron chi connectivity index (χ4n) is 5.57. The SMILES string of the molecule is C[C@@H]1CN(C(=O)[C@@H]2C[C@H](SC3=C(C(=O)O)N4C(=O)[C@H]([C@@H](C)O)[C@H]4[C@H]3C)CN2)C[C@H](C)N1.Cl. The number of carboxylic acid groups (broad SMARTS) is 1. The van der Waals surface area contributed by atoms with Gasteiger partial charge in [0.1, 0.15) is 5.70 Å². The van der Waals surface area contributed by atoms with E-state index in [1.807, 2.05) is 11.8 Å². The normalized spacial score (nSPS) is 37.7. The molecule has 0 unspecified atom stereocenters. The Hall–Kier alpha value is -1.33. The van der Waals surface area contributed by atoms with E-state index >= 15 is 0 Å². The number of amides is 2. The second-order valence-electron chi connectivity index (χ2n) is 9.42. The Morgan fingerprint density at radius 3 is 2.38 bits per heavy atom. The molecule has 32 heavy (non-hydrogen) atoms. The first-order chi connectivity index (χ1) is 14.6. The molecule has 4 N–H and O–H groups in total. The van der Waals surface area contributed by atoms with Crippen LogP contribution in [0.2, 0.25) is 0 Å². The smallest absolute Gasteiger partial charge is 0.353 e. The lowest BCUT2D eigenvalue weighted by Crippen LogP contribution is -2.63. The minimum atomic E-state index is -1.11. The second-order valence-corrected chi connectivity index (χ2v) is 10.8. The quantitative estimate of drug-likeness (QED) is 0.406. The van der Waals surface area contributed by atoms with Crippen LogP contribution in [0, 0.1) is 11.8 Å². The molecule has 4 rings (SSSR count). The monoisotopic (exact) mass is 488 g/mol. The molecule has 11 heteroatoms. The Morgan fingerprint density at radius 2 is 1.81 bits per heavy atom. The third-order valence-corrected chi connectivity index (χ3v) is 8.37. The van der Waals surface area contributed by atoms with Gasteiger partial charge in [0.25, 0.3) is 0 Å². The van der Waals surface area contributed by atoms with E-state index in [1.54, 1.807) is 6.92 Å². The highest BCUT2D eigenvalue weighted by Crippen LogP contribution is 2.51. The van der Waals surface area contributed by atoms with Crippen molar-refractivity contribution in [2.24, 2.45) is 11.8 Å². The molecule has 2 amide bonds. The molecule has 4 heterocycles. The molecule has 0 radical (unpaired) electrons. The number of nitrogens with one attached hydrogen (secondary N) is 2. The Labute approximate surface area is 198 Å². The standard InChI is InChI=1S/C21H32N4O5S.ClH/c1-9-7-24(8-10(2)23-9)19(27)14-5-13(6-22-14)31-18-11(3)16-15(12(4)26)20(28)25(16)17(18)21(29)30;/h9-16,22-23,26H,5-8H2,1-4H3,(H,29,30);1H/t9-,10+,11-,12-,13+,14+,15-,16-;/m1./s1. The summed E-state index contributed by atoms with van der Waals surface area (Å²) >= 11 is 1.47. The van der Waals surface area contributed by atoms with Gasteiger partial charge in [-0.2, -0.15) is 0 Å². The summed E-state index contributed by atoms with van der Waals surface area (Å²) in [5, 5.41) is 26.6. The van der Waals surface area contributed by atoms with Gasteiger partial charge in [-0.05, 0) is 27.2 Å². The molecule has 9 nitrogen and oxygen atoms in total. The Morgan fingerprint density at radius 1 is 1.19 bits per heavy atom. The number of hydrogen-bond acceptors (Lipinski definition) is 7. The van der Waals surface area contributed by atoms with Gasteiger partial charge in [-0.3, -0.25) is 9.59 Å². The number of β-lactam (4-membered cyclic amide) rings is 1. The minimum Gasteiger partial charge on any atom is -0.477 e. The predicted molar refractivity (Wildman–Crippen MR) is 123 cm³/mol. The molecule has 180 valence electrons. The van der Waals surface area contributed by atoms with Crippen molar-refractivity contribution in [1.29, 1.82) is 0 Å². The number of aliphatic carboxylic acids is 1. The number of aliphatic hydroxyl groups is 1. The molecular formula is C21H33ClN4O5S. The molecule has 0 saturated carbocycles. The van der Waals surface area contributed by atoms with E-state index in [1.165, 1.54) is 16.7 Å². The Kier molecular flexibility index (Phi) is 7.51. The van der Waals surface area contributed by atoms with Crippen molar-refractivity contribution in [1.82, 2.24) is 20.4 Å². The van der Waals surface area contributed by atoms with Gasteiger partial charge in [0, 0.05) is 47.8 Å². The lowest BCUT2D eigenvalue weighted by Gasteiger charge is -2.46. The van der Waals surface area contributed by atoms with Gasteiger partial charge in [0.05, 0.1) is 24.1 Å². The first kappa shape index (κ1) is 25.3. The van der Waals surface area contributed by atoms with Crippen molar-refractivity contribution in [2.75, 3.05) is 19.6 Å². The molecule has 0 aliphatic carbocycles. The van der Waals surface area contributed by atoms with Crippen molar-refractivity contribution in [3.63, 3.8) is 0 Å². The van der Waals surface area contributed by atoms with Crippen LogP contribution in [-0.2, 0) is 14.4 Å². The average molecular weight is 489 g/mol. The molecule has 0 aromatic rings. The van der Waals surface area contributed by atoms with Crippen LogP contribution in [0.25, 0.3) is 0 Å². The first-order valence-corrected chi connectivity index (χ1v) is 11.9. The van der Waals surface area contributed by atoms with Crippen LogP contribution in [0.1, 0.15) is 34.1 Å². The number of rotatable bonds is 5. The number of halogens is 1. The second kappa shape index (κ2) is 9.50. The van der Waals surface area contributed by atoms with E-state index in [2.05, 4.69) is 24.5 Å². The van der Waals surface area contributed by atoms with Crippen LogP contribution < -0.4 is 10.6 Å². The number of piperazine rings is 1. The van der Waals surface area contributed by atoms with E-state index in [0.29, 0.717) is 31.0 Å². The maximum Gasteiger partial charge on any atom is 0.353 e. The largest absolute Gasteiger partial charge is 0.477 e. The Bertz CT molecular complexity index is 814. The highest BCUT2D eigenvalue weighted by Gasteiger charge is 2.60. The van der Waals surface area contributed by atoms with Crippen LogP contribution in [0.5, 0.6) is 0 Å². The number of thioether (sulfide) groups is 1. The highest BCUT2D eigenvalue weighted by molar-refractivity contribution is 8.03. The van der Waals surface area contributed by atoms with Crippen LogP contribution in [0.15, 0.2) is 10.6 Å². The van der Waals surface area contributed by atoms with Crippen molar-refractivity contribution in [3.8, 4) is 0 Å². The summed E-state index contributed by atoms with van der Waals surface area (Å²) in [4.78, 5) is 41.4. The summed E-state index contributed by atoms with van der Waals surface area (Å²) in [5.74, 6) is -2.05. The van der Waals surface area contributed by atoms with Gasteiger partial charge < -0.3 is 30.6 Å². The van der Waals surface area contributed by atoms with Crippen LogP contribution in [-0.4, -0.2) is 93.0 Å². The number of carbonyl (C=O) groups is 3. The fraction of sp³-hybridized carbons (Fsp3) is 0.762. The molecule has 3 fully saturated rings. The van der Waals surface area contributed by atoms with Crippen LogP contribution in [0.4, 0.5) is 0 Å². The number of fused-ring (bicyclic) bond motifs is 1. The number of aliphatic hydroxyl groups excluding tert-OH is 1. The number of hydrogen-bond donors (Lipinski definition) is 4. The van der Waals surface area contributed by atoms with Crippen molar-refractivity contribution in [3.05, 3.63) is 10.6 Å². The molecule has 4 aliphatic heterocycles. The predicted octanol–water partition coefficient (Wildman–Crippen LogP) is 0.234. The highest BCUT2D eigenvalue weighted by atomic mass is 35.5. The van der Waals surface area contributed by atoms with E-state index in [-0.39, 0.29) is 65.3 Å². The number of carboxylic acids is 1. The fourth-order valence-corrected chi connectivity index (χ4v) is 7.05. The summed E-state index contributed by atoms with van der Waals surface area (Å²) < 4.78 is 0. The summed E-state index contributed by atoms with van der Waals surface area (Å²) in [5.41, 5.74) is 0.0453. The number of nitrogens with zero attached hydrogens (tertiary/aromatic N) is 2. The zero-order chi connectivity index (χ0) is 22.6. The first-order valence-electron chi connectivity index (χ1n) is 11.0. The van der Waals surface area contributed by atoms with Gasteiger partial charge in [-0.1, -0.05) is 6.92 Å². The molecule has 8 atom stereocenters. The summed E-state index contributed by atoms with van der Waals surface area (Å²) in [7, 11) is 0. The lowest BCUT2D eigenvalue weighted by atomic mass is 9.79. The van der Waals surface area contributed by atoms with E-state index in [9.17, 15) is 24.6 Å². The van der Waals surface area contributed by atoms with Gasteiger partial charge in [-0.25, -0.2) is 4.79 Å². The van der Waals surface area contributed by atoms with E-state index < -0.39 is 18.0 Å². The van der Waals surface area contributed by atoms with Crippen LogP contribution in [0.3, 0.4) is 0 Å². The zero-order valence-electron chi connectivity index (χ0n) is 18.8. The summed E-state index contributed by atoms with van der Waals surface area (Å²) in [6, 6.07) is -0.0715. The molecule has 0 aromatic heterocycles. The molecular weight excluding hydrogens is 456 g/mol. The van der Waals surface area contributed by atoms with Gasteiger partial charge in [0.2, 0.25) is 11.8 Å². The van der Waals surface area contributed by atoms with Gasteiger partial charge in [0.15, 0.2) is 0 Å². The van der Waals surface area contributed by atoms with Crippen LogP contribution >= 0.6 is 24.2 Å². The topological polar surface area (TPSA) is 122 Å². The number of carbonyl (C=O) groups excluding carboxylic acids is 2. The lowest BCUT2D eigenvalue weighted by molar-refractivity contribution is -0.163. The average Bonchev–Trinajstić information content (AvgIpc) is 3.22. The zero-order valence-corrected chi connectivity index (χ0v) is 20.4. The molecule has 0 bridgehead atoms. The Balaban J connectivity index is 0.00000289. The third-order valence-electron chi connectivity index (χ3n) is 6.86. The van der Waals surface area contributed by atoms with Gasteiger partial charge >= 0.3 is 5.97 Å². The molecule has 0 spiro atoms. The third kappa shape index (κ3) is 4.27. The maximum absolute atomic E-state index is 13.0. The molecule has 0 aromatic carbocycles. The molecule has 4 aliphatic rings. The van der Waals surface area contributed by atoms with E-state index in [0.717, 1.165) is 0 Å². The summed E-state index contributed by atoms with van der Waals surface area (Å²) in [6.45, 7) is 9.63. The molecule has 3 saturated heterocycles. The summed E-state index contributed by atoms with van der Waals surface area (Å²) in [6.07, 6.45) is -0.188. The minimum absolute atomic E-state index is 0. The van der Waals surface area contributed by atoms with Gasteiger partial charge in [-0.15, -0.1) is 24.2 Å². The van der Waals surface area contributed by atoms with Crippen molar-refractivity contribution >= 4 is 42.0 Å².